The zero-order chi connectivity index (χ0) is 17.7. The van der Waals surface area contributed by atoms with E-state index in [1.165, 1.54) is 18.2 Å². The van der Waals surface area contributed by atoms with E-state index in [0.717, 1.165) is 0 Å². The first-order valence-corrected chi connectivity index (χ1v) is 7.37. The maximum absolute atomic E-state index is 12.5. The fraction of sp³-hybridized carbons (Fsp3) is 0.278. The van der Waals surface area contributed by atoms with Crippen LogP contribution < -0.4 is 9.47 Å². The van der Waals surface area contributed by atoms with Crippen LogP contribution in [0, 0.1) is 5.92 Å². The fourth-order valence-corrected chi connectivity index (χ4v) is 2.12. The Bertz CT molecular complexity index is 709. The Morgan fingerprint density at radius 2 is 1.79 bits per heavy atom. The largest absolute Gasteiger partial charge is 0.573 e. The van der Waals surface area contributed by atoms with Crippen LogP contribution in [0.4, 0.5) is 13.2 Å². The lowest BCUT2D eigenvalue weighted by atomic mass is 10.00. The van der Waals surface area contributed by atoms with E-state index in [4.69, 9.17) is 4.74 Å². The van der Waals surface area contributed by atoms with Crippen LogP contribution in [-0.4, -0.2) is 19.3 Å². The van der Waals surface area contributed by atoms with Gasteiger partial charge in [0.05, 0.1) is 6.61 Å². The molecule has 0 heterocycles. The third-order valence-corrected chi connectivity index (χ3v) is 3.14. The second-order valence-corrected chi connectivity index (χ2v) is 5.62. The Morgan fingerprint density at radius 3 is 2.42 bits per heavy atom. The van der Waals surface area contributed by atoms with Gasteiger partial charge in [-0.05, 0) is 29.2 Å². The van der Waals surface area contributed by atoms with Crippen molar-refractivity contribution in [3.05, 3.63) is 48.0 Å². The summed E-state index contributed by atoms with van der Waals surface area (Å²) < 4.78 is 47.1. The summed E-state index contributed by atoms with van der Waals surface area (Å²) in [5, 5.41) is 0. The summed E-state index contributed by atoms with van der Waals surface area (Å²) in [7, 11) is 0. The van der Waals surface area contributed by atoms with Crippen molar-refractivity contribution >= 4 is 6.29 Å². The van der Waals surface area contributed by atoms with Gasteiger partial charge in [0.25, 0.3) is 0 Å². The monoisotopic (exact) mass is 338 g/mol. The molecule has 0 fully saturated rings. The van der Waals surface area contributed by atoms with Crippen LogP contribution in [0.5, 0.6) is 11.5 Å². The summed E-state index contributed by atoms with van der Waals surface area (Å²) in [6.07, 6.45) is -4.11. The molecule has 0 saturated carbocycles. The Balaban J connectivity index is 2.44. The van der Waals surface area contributed by atoms with Crippen molar-refractivity contribution in [1.29, 1.82) is 0 Å². The van der Waals surface area contributed by atoms with E-state index in [1.54, 1.807) is 24.3 Å². The van der Waals surface area contributed by atoms with Crippen molar-refractivity contribution in [2.24, 2.45) is 5.92 Å². The Labute approximate surface area is 138 Å². The van der Waals surface area contributed by atoms with Crippen LogP contribution in [-0.2, 0) is 0 Å². The highest BCUT2D eigenvalue weighted by atomic mass is 19.4. The molecule has 0 spiro atoms. The van der Waals surface area contributed by atoms with Gasteiger partial charge in [-0.2, -0.15) is 0 Å². The summed E-state index contributed by atoms with van der Waals surface area (Å²) in [4.78, 5) is 11.2. The van der Waals surface area contributed by atoms with Crippen molar-refractivity contribution in [1.82, 2.24) is 0 Å². The van der Waals surface area contributed by atoms with E-state index in [-0.39, 0.29) is 18.3 Å². The minimum Gasteiger partial charge on any atom is -0.489 e. The highest BCUT2D eigenvalue weighted by molar-refractivity contribution is 5.87. The fourth-order valence-electron chi connectivity index (χ4n) is 2.12. The number of carbonyl (C=O) groups is 1. The topological polar surface area (TPSA) is 35.5 Å². The molecule has 0 amide bonds. The number of aldehydes is 1. The molecule has 0 aliphatic rings. The number of ether oxygens (including phenoxy) is 2. The standard InChI is InChI=1S/C18H17F3O3/c1-12(2)11-23-17-9-13(7-8-16(17)24-18(19,20)21)15-6-4-3-5-14(15)10-22/h3-10,12H,11H2,1-2H3. The molecule has 2 aromatic carbocycles. The zero-order valence-corrected chi connectivity index (χ0v) is 13.3. The molecule has 2 aromatic rings. The number of carbonyl (C=O) groups excluding carboxylic acids is 1. The molecule has 0 saturated heterocycles. The van der Waals surface area contributed by atoms with Gasteiger partial charge in [-0.1, -0.05) is 44.2 Å². The second-order valence-electron chi connectivity index (χ2n) is 5.62. The first-order valence-electron chi connectivity index (χ1n) is 7.37. The molecular formula is C18H17F3O3. The van der Waals surface area contributed by atoms with Crippen molar-refractivity contribution < 1.29 is 27.4 Å². The number of hydrogen-bond donors (Lipinski definition) is 0. The van der Waals surface area contributed by atoms with Gasteiger partial charge in [0, 0.05) is 5.56 Å². The number of halogens is 3. The molecule has 3 nitrogen and oxygen atoms in total. The van der Waals surface area contributed by atoms with Gasteiger partial charge in [0.2, 0.25) is 0 Å². The Morgan fingerprint density at radius 1 is 1.08 bits per heavy atom. The third kappa shape index (κ3) is 4.75. The lowest BCUT2D eigenvalue weighted by Gasteiger charge is -2.16. The van der Waals surface area contributed by atoms with Gasteiger partial charge < -0.3 is 9.47 Å². The van der Waals surface area contributed by atoms with E-state index in [2.05, 4.69) is 4.74 Å². The highest BCUT2D eigenvalue weighted by Crippen LogP contribution is 2.36. The van der Waals surface area contributed by atoms with Crippen LogP contribution in [0.15, 0.2) is 42.5 Å². The summed E-state index contributed by atoms with van der Waals surface area (Å²) in [5.74, 6) is -0.288. The molecule has 0 atom stereocenters. The molecule has 24 heavy (non-hydrogen) atoms. The Hall–Kier alpha value is -2.50. The molecule has 2 rings (SSSR count). The maximum atomic E-state index is 12.5. The van der Waals surface area contributed by atoms with Gasteiger partial charge in [0.1, 0.15) is 0 Å². The van der Waals surface area contributed by atoms with Crippen LogP contribution in [0.2, 0.25) is 0 Å². The molecule has 0 N–H and O–H groups in total. The molecule has 0 aliphatic heterocycles. The van der Waals surface area contributed by atoms with Crippen LogP contribution in [0.3, 0.4) is 0 Å². The van der Waals surface area contributed by atoms with Gasteiger partial charge in [-0.3, -0.25) is 4.79 Å². The van der Waals surface area contributed by atoms with E-state index in [0.29, 0.717) is 23.0 Å². The average molecular weight is 338 g/mol. The van der Waals surface area contributed by atoms with E-state index in [1.807, 2.05) is 13.8 Å². The predicted octanol–water partition coefficient (Wildman–Crippen LogP) is 5.10. The smallest absolute Gasteiger partial charge is 0.489 e. The van der Waals surface area contributed by atoms with Gasteiger partial charge in [-0.25, -0.2) is 0 Å². The molecule has 0 unspecified atom stereocenters. The maximum Gasteiger partial charge on any atom is 0.573 e. The predicted molar refractivity (Wildman–Crippen MR) is 84.3 cm³/mol. The molecular weight excluding hydrogens is 321 g/mol. The van der Waals surface area contributed by atoms with Gasteiger partial charge >= 0.3 is 6.36 Å². The van der Waals surface area contributed by atoms with Gasteiger partial charge in [0.15, 0.2) is 17.8 Å². The minimum absolute atomic E-state index is 0.0146. The third-order valence-electron chi connectivity index (χ3n) is 3.14. The average Bonchev–Trinajstić information content (AvgIpc) is 2.52. The first-order chi connectivity index (χ1) is 11.3. The first kappa shape index (κ1) is 17.8. The second kappa shape index (κ2) is 7.38. The van der Waals surface area contributed by atoms with E-state index in [9.17, 15) is 18.0 Å². The van der Waals surface area contributed by atoms with Crippen molar-refractivity contribution in [3.63, 3.8) is 0 Å². The zero-order valence-electron chi connectivity index (χ0n) is 13.3. The number of alkyl halides is 3. The number of hydrogen-bond acceptors (Lipinski definition) is 3. The SMILES string of the molecule is CC(C)COc1cc(-c2ccccc2C=O)ccc1OC(F)(F)F. The molecule has 128 valence electrons. The Kier molecular flexibility index (Phi) is 5.49. The molecule has 0 aromatic heterocycles. The quantitative estimate of drug-likeness (QED) is 0.688. The van der Waals surface area contributed by atoms with E-state index < -0.39 is 12.1 Å². The molecule has 0 aliphatic carbocycles. The summed E-state index contributed by atoms with van der Waals surface area (Å²) >= 11 is 0. The lowest BCUT2D eigenvalue weighted by molar-refractivity contribution is -0.275. The molecule has 0 bridgehead atoms. The van der Waals surface area contributed by atoms with Gasteiger partial charge in [-0.15, -0.1) is 13.2 Å². The van der Waals surface area contributed by atoms with Crippen LogP contribution in [0.1, 0.15) is 24.2 Å². The summed E-state index contributed by atoms with van der Waals surface area (Å²) in [6, 6.07) is 10.9. The van der Waals surface area contributed by atoms with Crippen LogP contribution >= 0.6 is 0 Å². The number of rotatable bonds is 6. The number of benzene rings is 2. The van der Waals surface area contributed by atoms with Crippen molar-refractivity contribution in [3.8, 4) is 22.6 Å². The highest BCUT2D eigenvalue weighted by Gasteiger charge is 2.32. The normalized spacial score (nSPS) is 11.4. The van der Waals surface area contributed by atoms with Crippen molar-refractivity contribution in [2.75, 3.05) is 6.61 Å². The van der Waals surface area contributed by atoms with E-state index >= 15 is 0 Å². The van der Waals surface area contributed by atoms with Crippen LogP contribution in [0.25, 0.3) is 11.1 Å². The summed E-state index contributed by atoms with van der Waals surface area (Å²) in [6.45, 7) is 4.01. The molecule has 6 heteroatoms. The molecule has 0 radical (unpaired) electrons. The van der Waals surface area contributed by atoms with Crippen molar-refractivity contribution in [2.45, 2.75) is 20.2 Å². The summed E-state index contributed by atoms with van der Waals surface area (Å²) in [5.41, 5.74) is 1.63. The lowest BCUT2D eigenvalue weighted by Crippen LogP contribution is -2.18. The minimum atomic E-state index is -4.81.